The van der Waals surface area contributed by atoms with Crippen molar-refractivity contribution in [2.75, 3.05) is 23.8 Å². The van der Waals surface area contributed by atoms with Crippen molar-refractivity contribution in [3.8, 4) is 11.4 Å². The van der Waals surface area contributed by atoms with Gasteiger partial charge in [0.2, 0.25) is 0 Å². The van der Waals surface area contributed by atoms with Crippen LogP contribution in [0.3, 0.4) is 0 Å². The van der Waals surface area contributed by atoms with Crippen LogP contribution in [0, 0.1) is 0 Å². The van der Waals surface area contributed by atoms with Gasteiger partial charge in [-0.3, -0.25) is 9.59 Å². The van der Waals surface area contributed by atoms with Gasteiger partial charge in [-0.05, 0) is 18.1 Å². The minimum Gasteiger partial charge on any atom is -0.475 e. The molecule has 0 bridgehead atoms. The number of carboxylic acid groups (broad SMARTS) is 1. The van der Waals surface area contributed by atoms with Gasteiger partial charge in [-0.2, -0.15) is 13.2 Å². The van der Waals surface area contributed by atoms with E-state index >= 15 is 0 Å². The van der Waals surface area contributed by atoms with E-state index in [1.54, 1.807) is 7.05 Å². The molecule has 1 aliphatic heterocycles. The molecule has 1 saturated carbocycles. The van der Waals surface area contributed by atoms with Crippen molar-refractivity contribution in [1.82, 2.24) is 29.9 Å². The number of carbonyl (C=O) groups excluding carboxylic acids is 2. The third-order valence-corrected chi connectivity index (χ3v) is 6.58. The maximum absolute atomic E-state index is 13.3. The van der Waals surface area contributed by atoms with Crippen LogP contribution >= 0.6 is 0 Å². The fourth-order valence-electron chi connectivity index (χ4n) is 4.40. The number of carbonyl (C=O) groups is 3. The highest BCUT2D eigenvalue weighted by atomic mass is 19.4. The Morgan fingerprint density at radius 2 is 1.83 bits per heavy atom. The number of nitrogens with zero attached hydrogens (tertiary/aromatic N) is 6. The van der Waals surface area contributed by atoms with Crippen LogP contribution in [0.5, 0.6) is 0 Å². The molecule has 42 heavy (non-hydrogen) atoms. The number of imidazole rings is 1. The maximum atomic E-state index is 13.3. The lowest BCUT2D eigenvalue weighted by Crippen LogP contribution is -2.28. The monoisotopic (exact) mass is 586 g/mol. The zero-order chi connectivity index (χ0) is 30.2. The van der Waals surface area contributed by atoms with Gasteiger partial charge in [0.1, 0.15) is 6.17 Å². The maximum Gasteiger partial charge on any atom is 0.490 e. The number of aldehydes is 1. The number of halogens is 4. The summed E-state index contributed by atoms with van der Waals surface area (Å²) >= 11 is 0. The zero-order valence-corrected chi connectivity index (χ0v) is 21.8. The molecular formula is C26H22F4N8O4. The van der Waals surface area contributed by atoms with E-state index in [9.17, 15) is 27.2 Å². The average Bonchev–Trinajstić information content (AvgIpc) is 3.33. The second-order valence-corrected chi connectivity index (χ2v) is 9.34. The number of aromatic nitrogens is 5. The molecule has 0 spiro atoms. The molecule has 1 amide bonds. The zero-order valence-electron chi connectivity index (χ0n) is 21.8. The van der Waals surface area contributed by atoms with Gasteiger partial charge >= 0.3 is 12.1 Å². The molecule has 3 aromatic heterocycles. The van der Waals surface area contributed by atoms with Crippen LogP contribution in [0.1, 0.15) is 32.8 Å². The van der Waals surface area contributed by atoms with Gasteiger partial charge < -0.3 is 20.6 Å². The molecule has 4 heterocycles. The summed E-state index contributed by atoms with van der Waals surface area (Å²) in [4.78, 5) is 47.7. The lowest BCUT2D eigenvalue weighted by atomic mass is 10.0. The van der Waals surface area contributed by atoms with E-state index in [4.69, 9.17) is 15.0 Å². The molecule has 2 aliphatic rings. The van der Waals surface area contributed by atoms with Gasteiger partial charge in [-0.25, -0.2) is 28.7 Å². The minimum atomic E-state index is -5.08. The molecule has 0 unspecified atom stereocenters. The number of carboxylic acids is 1. The van der Waals surface area contributed by atoms with Crippen LogP contribution in [0.4, 0.5) is 34.8 Å². The third kappa shape index (κ3) is 5.55. The van der Waals surface area contributed by atoms with Crippen LogP contribution in [0.25, 0.3) is 17.0 Å². The molecule has 0 radical (unpaired) electrons. The molecule has 6 rings (SSSR count). The first-order chi connectivity index (χ1) is 20.0. The van der Waals surface area contributed by atoms with Crippen molar-refractivity contribution >= 4 is 41.0 Å². The van der Waals surface area contributed by atoms with Crippen LogP contribution in [0.15, 0.2) is 42.9 Å². The van der Waals surface area contributed by atoms with E-state index in [-0.39, 0.29) is 5.69 Å². The largest absolute Gasteiger partial charge is 0.490 e. The smallest absolute Gasteiger partial charge is 0.475 e. The van der Waals surface area contributed by atoms with E-state index < -0.39 is 30.3 Å². The molecule has 4 aromatic rings. The van der Waals surface area contributed by atoms with Crippen molar-refractivity contribution < 1.29 is 37.1 Å². The highest BCUT2D eigenvalue weighted by Gasteiger charge is 2.39. The Labute approximate surface area is 234 Å². The number of aliphatic carboxylic acids is 1. The Hall–Kier alpha value is -5.15. The summed E-state index contributed by atoms with van der Waals surface area (Å²) in [5.74, 6) is -1.98. The highest BCUT2D eigenvalue weighted by molar-refractivity contribution is 5.94. The molecule has 3 N–H and O–H groups in total. The number of fused-ring (bicyclic) bond motifs is 2. The summed E-state index contributed by atoms with van der Waals surface area (Å²) in [5.41, 5.74) is 4.81. The standard InChI is InChI=1S/C24H21FN8O2.C2HF3O2/c1-26-18-8-21(31-33-20(11-29-23(18)33)24(35)30-17-7-16(17)25)32-6-5-14-15(3-2-4-19(14)32)22-27-9-13(12-34)10-28-22;3-2(4,5)1(6)7/h2-4,8-12,16-17,26H,5-7H2,1H3,(H,30,35);(H,6,7)/t16-,17+;/m0./s1. The Morgan fingerprint density at radius 1 is 1.14 bits per heavy atom. The molecule has 0 saturated heterocycles. The van der Waals surface area contributed by atoms with Gasteiger partial charge in [0.05, 0.1) is 23.5 Å². The van der Waals surface area contributed by atoms with Gasteiger partial charge in [0, 0.05) is 49.7 Å². The van der Waals surface area contributed by atoms with Gasteiger partial charge in [-0.15, -0.1) is 5.10 Å². The van der Waals surface area contributed by atoms with E-state index in [0.717, 1.165) is 23.2 Å². The molecule has 2 atom stereocenters. The fourth-order valence-corrected chi connectivity index (χ4v) is 4.40. The number of anilines is 3. The van der Waals surface area contributed by atoms with Crippen molar-refractivity contribution in [1.29, 1.82) is 0 Å². The van der Waals surface area contributed by atoms with Crippen LogP contribution < -0.4 is 15.5 Å². The Balaban J connectivity index is 0.000000451. The highest BCUT2D eigenvalue weighted by Crippen LogP contribution is 2.39. The second kappa shape index (κ2) is 11.0. The first-order valence-corrected chi connectivity index (χ1v) is 12.5. The fraction of sp³-hybridized carbons (Fsp3) is 0.269. The quantitative estimate of drug-likeness (QED) is 0.227. The minimum absolute atomic E-state index is 0.245. The van der Waals surface area contributed by atoms with E-state index in [1.165, 1.54) is 23.1 Å². The molecule has 12 nitrogen and oxygen atoms in total. The first kappa shape index (κ1) is 28.4. The Kier molecular flexibility index (Phi) is 7.45. The average molecular weight is 587 g/mol. The van der Waals surface area contributed by atoms with Crippen molar-refractivity contribution in [3.63, 3.8) is 0 Å². The number of hydrogen-bond donors (Lipinski definition) is 3. The summed E-state index contributed by atoms with van der Waals surface area (Å²) in [5, 5.41) is 17.7. The molecule has 218 valence electrons. The number of amides is 1. The Bertz CT molecular complexity index is 1680. The summed E-state index contributed by atoms with van der Waals surface area (Å²) in [7, 11) is 1.78. The molecule has 1 aliphatic carbocycles. The number of nitrogens with one attached hydrogen (secondary N) is 2. The van der Waals surface area contributed by atoms with Crippen LogP contribution in [0.2, 0.25) is 0 Å². The van der Waals surface area contributed by atoms with Gasteiger partial charge in [-0.1, -0.05) is 12.1 Å². The van der Waals surface area contributed by atoms with E-state index in [0.29, 0.717) is 47.8 Å². The summed E-state index contributed by atoms with van der Waals surface area (Å²) in [6.45, 7) is 0.669. The number of alkyl halides is 4. The lowest BCUT2D eigenvalue weighted by Gasteiger charge is -2.20. The van der Waals surface area contributed by atoms with Crippen LogP contribution in [-0.4, -0.2) is 79.8 Å². The Morgan fingerprint density at radius 3 is 2.43 bits per heavy atom. The molecule has 1 fully saturated rings. The molecule has 16 heteroatoms. The molecular weight excluding hydrogens is 564 g/mol. The number of hydrogen-bond acceptors (Lipinski definition) is 9. The summed E-state index contributed by atoms with van der Waals surface area (Å²) in [6, 6.07) is 7.33. The predicted octanol–water partition coefficient (Wildman–Crippen LogP) is 3.21. The number of rotatable bonds is 6. The van der Waals surface area contributed by atoms with Crippen molar-refractivity contribution in [3.05, 3.63) is 59.7 Å². The second-order valence-electron chi connectivity index (χ2n) is 9.34. The topological polar surface area (TPSA) is 155 Å². The van der Waals surface area contributed by atoms with Gasteiger partial charge in [0.15, 0.2) is 29.3 Å². The molecule has 1 aromatic carbocycles. The van der Waals surface area contributed by atoms with E-state index in [1.807, 2.05) is 24.3 Å². The summed E-state index contributed by atoms with van der Waals surface area (Å²) < 4.78 is 46.6. The normalized spacial score (nSPS) is 17.2. The number of benzene rings is 1. The van der Waals surface area contributed by atoms with Crippen molar-refractivity contribution in [2.24, 2.45) is 0 Å². The lowest BCUT2D eigenvalue weighted by molar-refractivity contribution is -0.192. The van der Waals surface area contributed by atoms with Crippen LogP contribution in [-0.2, 0) is 11.2 Å². The van der Waals surface area contributed by atoms with Crippen molar-refractivity contribution in [2.45, 2.75) is 31.2 Å². The first-order valence-electron chi connectivity index (χ1n) is 12.5. The van der Waals surface area contributed by atoms with E-state index in [2.05, 4.69) is 30.5 Å². The summed E-state index contributed by atoms with van der Waals surface area (Å²) in [6.07, 6.45) is 0.181. The predicted molar refractivity (Wildman–Crippen MR) is 141 cm³/mol. The van der Waals surface area contributed by atoms with Gasteiger partial charge in [0.25, 0.3) is 5.91 Å². The SMILES string of the molecule is CNc1cc(N2CCc3c(-c4ncc(C=O)cn4)cccc32)nn2c(C(=O)N[C@@H]3C[C@@H]3F)cnc12.O=C(O)C(F)(F)F. The third-order valence-electron chi connectivity index (χ3n) is 6.58.